The summed E-state index contributed by atoms with van der Waals surface area (Å²) in [4.78, 5) is 6.41. The average Bonchev–Trinajstić information content (AvgIpc) is 3.39. The van der Waals surface area contributed by atoms with Crippen LogP contribution in [0.3, 0.4) is 0 Å². The standard InChI is InChI=1S/C16H30N4OS.C7H8.3C2H6/c1-4-16(18-3)22(21)20(14-8-6-13(17)7-9-14)15-10-11-19(5-2)12-15;1-7-5-3-2-4-6-7;3*1-2/h4,13-15H,3,5-12,17H2,1-2H3;2-6H,1H3;3*1-2H3/b16-4+;;;;. The molecule has 1 aromatic rings. The summed E-state index contributed by atoms with van der Waals surface area (Å²) >= 11 is 0. The molecular weight excluding hydrogens is 452 g/mol. The lowest BCUT2D eigenvalue weighted by atomic mass is 9.91. The second kappa shape index (κ2) is 23.1. The number of rotatable bonds is 6. The number of allylic oxidation sites excluding steroid dienone is 1. The molecule has 0 aromatic heterocycles. The van der Waals surface area contributed by atoms with Crippen molar-refractivity contribution in [2.45, 2.75) is 113 Å². The number of likely N-dealkylation sites (N-methyl/N-ethyl adjacent to an activating group) is 1. The van der Waals surface area contributed by atoms with Crippen molar-refractivity contribution in [3.05, 3.63) is 47.0 Å². The van der Waals surface area contributed by atoms with E-state index in [-0.39, 0.29) is 0 Å². The van der Waals surface area contributed by atoms with Crippen molar-refractivity contribution in [1.29, 1.82) is 0 Å². The van der Waals surface area contributed by atoms with E-state index in [1.54, 1.807) is 0 Å². The van der Waals surface area contributed by atoms with Gasteiger partial charge in [-0.1, -0.05) is 90.4 Å². The first-order chi connectivity index (χ1) is 17.0. The highest BCUT2D eigenvalue weighted by molar-refractivity contribution is 7.86. The highest BCUT2D eigenvalue weighted by Gasteiger charge is 2.37. The Morgan fingerprint density at radius 3 is 1.97 bits per heavy atom. The molecule has 1 heterocycles. The van der Waals surface area contributed by atoms with Crippen LogP contribution in [0.5, 0.6) is 0 Å². The Morgan fingerprint density at radius 2 is 1.60 bits per heavy atom. The molecule has 0 spiro atoms. The molecule has 1 aromatic carbocycles. The fraction of sp³-hybridized carbons (Fsp3) is 0.690. The minimum Gasteiger partial charge on any atom is -0.328 e. The fourth-order valence-electron chi connectivity index (χ4n) is 4.12. The SMILES string of the molecule is C=N/C(=C\C)S(=O)N(C1CCC(N)CC1)C1CCN(CC)C1.CC.CC.CC.Cc1ccccc1. The molecule has 0 amide bonds. The van der Waals surface area contributed by atoms with E-state index in [4.69, 9.17) is 5.73 Å². The van der Waals surface area contributed by atoms with E-state index >= 15 is 0 Å². The van der Waals surface area contributed by atoms with Gasteiger partial charge in [-0.3, -0.25) is 4.99 Å². The molecule has 35 heavy (non-hydrogen) atoms. The summed E-state index contributed by atoms with van der Waals surface area (Å²) in [6, 6.07) is 11.3. The second-order valence-corrected chi connectivity index (χ2v) is 9.29. The van der Waals surface area contributed by atoms with E-state index < -0.39 is 11.0 Å². The molecule has 2 atom stereocenters. The fourth-order valence-corrected chi connectivity index (χ4v) is 5.57. The maximum absolute atomic E-state index is 13.1. The second-order valence-electron chi connectivity index (χ2n) is 7.95. The van der Waals surface area contributed by atoms with Gasteiger partial charge in [0.25, 0.3) is 0 Å². The Hall–Kier alpha value is -1.34. The molecule has 0 bridgehead atoms. The quantitative estimate of drug-likeness (QED) is 0.423. The zero-order valence-electron chi connectivity index (χ0n) is 24.3. The van der Waals surface area contributed by atoms with Crippen LogP contribution in [0.2, 0.25) is 0 Å². The number of nitrogens with two attached hydrogens (primary N) is 1. The zero-order valence-corrected chi connectivity index (χ0v) is 25.1. The molecule has 1 saturated carbocycles. The number of likely N-dealkylation sites (tertiary alicyclic amines) is 1. The highest BCUT2D eigenvalue weighted by atomic mass is 32.2. The monoisotopic (exact) mass is 508 g/mol. The van der Waals surface area contributed by atoms with Gasteiger partial charge in [-0.05, 0) is 65.8 Å². The molecule has 1 saturated heterocycles. The largest absolute Gasteiger partial charge is 0.328 e. The Labute approximate surface area is 220 Å². The van der Waals surface area contributed by atoms with E-state index in [9.17, 15) is 4.21 Å². The lowest BCUT2D eigenvalue weighted by Crippen LogP contribution is -2.48. The van der Waals surface area contributed by atoms with Crippen molar-refractivity contribution in [2.24, 2.45) is 10.7 Å². The predicted molar refractivity (Wildman–Crippen MR) is 159 cm³/mol. The summed E-state index contributed by atoms with van der Waals surface area (Å²) in [7, 11) is -1.21. The van der Waals surface area contributed by atoms with Crippen LogP contribution in [-0.2, 0) is 11.0 Å². The van der Waals surface area contributed by atoms with Crippen LogP contribution in [0, 0.1) is 6.92 Å². The highest BCUT2D eigenvalue weighted by Crippen LogP contribution is 2.30. The van der Waals surface area contributed by atoms with Gasteiger partial charge in [0.05, 0.1) is 0 Å². The van der Waals surface area contributed by atoms with Gasteiger partial charge in [0, 0.05) is 24.7 Å². The number of nitrogens with zero attached hydrogens (tertiary/aromatic N) is 3. The van der Waals surface area contributed by atoms with Gasteiger partial charge >= 0.3 is 0 Å². The van der Waals surface area contributed by atoms with Gasteiger partial charge in [0.1, 0.15) is 16.0 Å². The molecule has 204 valence electrons. The lowest BCUT2D eigenvalue weighted by molar-refractivity contribution is 0.201. The molecule has 2 aliphatic rings. The first-order valence-electron chi connectivity index (χ1n) is 13.8. The van der Waals surface area contributed by atoms with E-state index in [2.05, 4.69) is 46.9 Å². The summed E-state index contributed by atoms with van der Waals surface area (Å²) in [5.74, 6) is 0. The molecule has 6 heteroatoms. The van der Waals surface area contributed by atoms with Crippen LogP contribution in [0.15, 0.2) is 46.4 Å². The van der Waals surface area contributed by atoms with Gasteiger partial charge < -0.3 is 10.6 Å². The third-order valence-electron chi connectivity index (χ3n) is 5.87. The van der Waals surface area contributed by atoms with Crippen LogP contribution < -0.4 is 5.73 Å². The normalized spacial score (nSPS) is 22.6. The molecule has 1 aliphatic carbocycles. The molecular formula is C29H56N4OS. The predicted octanol–water partition coefficient (Wildman–Crippen LogP) is 6.95. The molecule has 2 unspecified atom stereocenters. The van der Waals surface area contributed by atoms with Crippen LogP contribution in [0.25, 0.3) is 0 Å². The van der Waals surface area contributed by atoms with Crippen molar-refractivity contribution >= 4 is 17.7 Å². The number of hydrogen-bond donors (Lipinski definition) is 1. The first-order valence-corrected chi connectivity index (χ1v) is 14.9. The molecule has 2 N–H and O–H groups in total. The zero-order chi connectivity index (χ0) is 27.2. The van der Waals surface area contributed by atoms with Crippen LogP contribution in [0.4, 0.5) is 0 Å². The summed E-state index contributed by atoms with van der Waals surface area (Å²) in [6.07, 6.45) is 7.01. The van der Waals surface area contributed by atoms with Crippen LogP contribution in [-0.4, -0.2) is 57.9 Å². The van der Waals surface area contributed by atoms with Gasteiger partial charge in [-0.25, -0.2) is 8.51 Å². The minimum absolute atomic E-state index is 0.306. The van der Waals surface area contributed by atoms with E-state index in [1.807, 2.05) is 72.7 Å². The number of aryl methyl sites for hydroxylation is 1. The van der Waals surface area contributed by atoms with E-state index in [0.29, 0.717) is 23.2 Å². The maximum atomic E-state index is 13.1. The Bertz CT molecular complexity index is 671. The summed E-state index contributed by atoms with van der Waals surface area (Å²) < 4.78 is 15.3. The Balaban J connectivity index is 0. The third-order valence-corrected chi connectivity index (χ3v) is 7.57. The lowest BCUT2D eigenvalue weighted by Gasteiger charge is -2.38. The molecule has 2 fully saturated rings. The number of hydrogen-bond acceptors (Lipinski definition) is 4. The number of benzene rings is 1. The van der Waals surface area contributed by atoms with Gasteiger partial charge in [0.15, 0.2) is 0 Å². The average molecular weight is 509 g/mol. The maximum Gasteiger partial charge on any atom is 0.146 e. The number of aliphatic imine (C=N–C) groups is 1. The van der Waals surface area contributed by atoms with Crippen LogP contribution in [0.1, 0.15) is 93.1 Å². The van der Waals surface area contributed by atoms with Gasteiger partial charge in [-0.2, -0.15) is 0 Å². The molecule has 3 rings (SSSR count). The summed E-state index contributed by atoms with van der Waals surface area (Å²) in [6.45, 7) is 24.9. The topological polar surface area (TPSA) is 61.9 Å². The first kappa shape index (κ1) is 35.8. The Morgan fingerprint density at radius 1 is 1.06 bits per heavy atom. The van der Waals surface area contributed by atoms with Crippen molar-refractivity contribution in [3.63, 3.8) is 0 Å². The molecule has 1 aliphatic heterocycles. The van der Waals surface area contributed by atoms with Gasteiger partial charge in [0.2, 0.25) is 0 Å². The van der Waals surface area contributed by atoms with Crippen molar-refractivity contribution in [3.8, 4) is 0 Å². The van der Waals surface area contributed by atoms with Crippen molar-refractivity contribution in [2.75, 3.05) is 19.6 Å². The van der Waals surface area contributed by atoms with E-state index in [1.165, 1.54) is 5.56 Å². The molecule has 5 nitrogen and oxygen atoms in total. The summed E-state index contributed by atoms with van der Waals surface area (Å²) in [5.41, 5.74) is 7.36. The van der Waals surface area contributed by atoms with Gasteiger partial charge in [-0.15, -0.1) is 0 Å². The smallest absolute Gasteiger partial charge is 0.146 e. The van der Waals surface area contributed by atoms with Crippen molar-refractivity contribution in [1.82, 2.24) is 9.21 Å². The van der Waals surface area contributed by atoms with Crippen LogP contribution >= 0.6 is 0 Å². The summed E-state index contributed by atoms with van der Waals surface area (Å²) in [5, 5.41) is 0.588. The third kappa shape index (κ3) is 13.5. The van der Waals surface area contributed by atoms with E-state index in [0.717, 1.165) is 51.7 Å². The Kier molecular flexibility index (Phi) is 23.6. The molecule has 0 radical (unpaired) electrons. The van der Waals surface area contributed by atoms with Crippen molar-refractivity contribution < 1.29 is 4.21 Å². The minimum atomic E-state index is -1.21.